The van der Waals surface area contributed by atoms with Crippen molar-refractivity contribution >= 4 is 45.7 Å². The van der Waals surface area contributed by atoms with Gasteiger partial charge in [-0.2, -0.15) is 0 Å². The molecule has 0 radical (unpaired) electrons. The summed E-state index contributed by atoms with van der Waals surface area (Å²) in [7, 11) is 0. The molecule has 1 amide bonds. The van der Waals surface area contributed by atoms with Crippen molar-refractivity contribution in [2.75, 3.05) is 5.32 Å². The van der Waals surface area contributed by atoms with Crippen molar-refractivity contribution in [3.05, 3.63) is 88.2 Å². The van der Waals surface area contributed by atoms with Crippen LogP contribution in [0.25, 0.3) is 22.2 Å². The van der Waals surface area contributed by atoms with Gasteiger partial charge in [0.2, 0.25) is 0 Å². The van der Waals surface area contributed by atoms with Crippen molar-refractivity contribution in [3.8, 4) is 11.3 Å². The molecule has 144 valence electrons. The van der Waals surface area contributed by atoms with Gasteiger partial charge in [-0.15, -0.1) is 0 Å². The number of para-hydroxylation sites is 1. The summed E-state index contributed by atoms with van der Waals surface area (Å²) >= 11 is 12.5. The van der Waals surface area contributed by atoms with Crippen molar-refractivity contribution in [1.82, 2.24) is 9.97 Å². The number of pyridine rings is 2. The smallest absolute Gasteiger partial charge is 0.256 e. The Balaban J connectivity index is 1.84. The predicted octanol–water partition coefficient (Wildman–Crippen LogP) is 6.42. The van der Waals surface area contributed by atoms with Crippen LogP contribution >= 0.6 is 23.2 Å². The van der Waals surface area contributed by atoms with Crippen molar-refractivity contribution < 1.29 is 4.79 Å². The maximum atomic E-state index is 13.1. The number of halogens is 2. The van der Waals surface area contributed by atoms with E-state index in [-0.39, 0.29) is 11.1 Å². The highest BCUT2D eigenvalue weighted by atomic mass is 35.5. The summed E-state index contributed by atoms with van der Waals surface area (Å²) < 4.78 is 0. The molecular formula is C23H17Cl2N3O. The number of fused-ring (bicyclic) bond motifs is 1. The van der Waals surface area contributed by atoms with E-state index in [1.807, 2.05) is 18.2 Å². The average Bonchev–Trinajstić information content (AvgIpc) is 2.75. The Morgan fingerprint density at radius 3 is 2.55 bits per heavy atom. The van der Waals surface area contributed by atoms with Gasteiger partial charge in [0.15, 0.2) is 5.15 Å². The Morgan fingerprint density at radius 2 is 1.83 bits per heavy atom. The normalized spacial score (nSPS) is 10.9. The topological polar surface area (TPSA) is 54.9 Å². The van der Waals surface area contributed by atoms with E-state index in [4.69, 9.17) is 28.2 Å². The first-order chi connectivity index (χ1) is 14.1. The van der Waals surface area contributed by atoms with E-state index in [1.165, 1.54) is 5.56 Å². The molecule has 2 heterocycles. The molecule has 0 fully saturated rings. The summed E-state index contributed by atoms with van der Waals surface area (Å²) in [5.41, 5.74) is 4.31. The molecule has 0 unspecified atom stereocenters. The summed E-state index contributed by atoms with van der Waals surface area (Å²) in [6.45, 7) is 2.11. The van der Waals surface area contributed by atoms with Crippen LogP contribution in [-0.4, -0.2) is 15.9 Å². The van der Waals surface area contributed by atoms with Gasteiger partial charge in [0.05, 0.1) is 27.5 Å². The van der Waals surface area contributed by atoms with Crippen molar-refractivity contribution in [2.24, 2.45) is 0 Å². The molecule has 1 N–H and O–H groups in total. The fraction of sp³-hybridized carbons (Fsp3) is 0.0870. The summed E-state index contributed by atoms with van der Waals surface area (Å²) in [6.07, 6.45) is 2.52. The molecule has 0 bridgehead atoms. The number of nitrogens with one attached hydrogen (secondary N) is 1. The zero-order chi connectivity index (χ0) is 20.4. The lowest BCUT2D eigenvalue weighted by Crippen LogP contribution is -2.13. The zero-order valence-corrected chi connectivity index (χ0v) is 17.1. The third-order valence-electron chi connectivity index (χ3n) is 4.70. The molecule has 0 aliphatic heterocycles. The number of hydrogen-bond acceptors (Lipinski definition) is 3. The van der Waals surface area contributed by atoms with Gasteiger partial charge >= 0.3 is 0 Å². The average molecular weight is 422 g/mol. The second-order valence-corrected chi connectivity index (χ2v) is 7.30. The van der Waals surface area contributed by atoms with Crippen molar-refractivity contribution in [3.63, 3.8) is 0 Å². The van der Waals surface area contributed by atoms with Crippen molar-refractivity contribution in [1.29, 1.82) is 0 Å². The Labute approximate surface area is 178 Å². The number of benzene rings is 2. The maximum Gasteiger partial charge on any atom is 0.256 e. The lowest BCUT2D eigenvalue weighted by Gasteiger charge is -2.12. The van der Waals surface area contributed by atoms with Crippen LogP contribution in [0.15, 0.2) is 66.9 Å². The predicted molar refractivity (Wildman–Crippen MR) is 119 cm³/mol. The first kappa shape index (κ1) is 19.4. The number of rotatable bonds is 4. The quantitative estimate of drug-likeness (QED) is 0.386. The molecule has 0 aliphatic rings. The molecule has 6 heteroatoms. The van der Waals surface area contributed by atoms with Gasteiger partial charge in [-0.25, -0.2) is 9.97 Å². The Bertz CT molecular complexity index is 1210. The van der Waals surface area contributed by atoms with Crippen LogP contribution in [-0.2, 0) is 6.42 Å². The summed E-state index contributed by atoms with van der Waals surface area (Å²) in [5.74, 6) is -0.305. The van der Waals surface area contributed by atoms with Crippen LogP contribution in [0.3, 0.4) is 0 Å². The highest BCUT2D eigenvalue weighted by Gasteiger charge is 2.17. The number of carbonyl (C=O) groups is 1. The monoisotopic (exact) mass is 421 g/mol. The molecular weight excluding hydrogens is 405 g/mol. The van der Waals surface area contributed by atoms with E-state index in [2.05, 4.69) is 29.4 Å². The molecule has 4 rings (SSSR count). The van der Waals surface area contributed by atoms with E-state index in [1.54, 1.807) is 36.5 Å². The Hall–Kier alpha value is -2.95. The molecule has 0 spiro atoms. The number of aromatic nitrogens is 2. The van der Waals surface area contributed by atoms with Gasteiger partial charge in [0.1, 0.15) is 0 Å². The minimum absolute atomic E-state index is 0.229. The molecule has 4 aromatic rings. The van der Waals surface area contributed by atoms with Gasteiger partial charge < -0.3 is 5.32 Å². The summed E-state index contributed by atoms with van der Waals surface area (Å²) in [6, 6.07) is 18.7. The number of anilines is 1. The second-order valence-electron chi connectivity index (χ2n) is 6.54. The van der Waals surface area contributed by atoms with Crippen LogP contribution in [0.1, 0.15) is 22.8 Å². The van der Waals surface area contributed by atoms with Gasteiger partial charge in [-0.05, 0) is 36.2 Å². The molecule has 0 atom stereocenters. The SMILES string of the molecule is CCc1ccc(-c2cc(C(=O)Nc3cccnc3Cl)c3cccc(Cl)c3n2)cc1. The number of nitrogens with zero attached hydrogens (tertiary/aromatic N) is 2. The number of carbonyl (C=O) groups excluding carboxylic acids is 1. The first-order valence-corrected chi connectivity index (χ1v) is 9.93. The third-order valence-corrected chi connectivity index (χ3v) is 5.31. The minimum Gasteiger partial charge on any atom is -0.319 e. The molecule has 0 saturated carbocycles. The van der Waals surface area contributed by atoms with Gasteiger partial charge in [0, 0.05) is 17.1 Å². The summed E-state index contributed by atoms with van der Waals surface area (Å²) in [4.78, 5) is 21.8. The Kier molecular flexibility index (Phi) is 5.47. The molecule has 0 aliphatic carbocycles. The van der Waals surface area contributed by atoms with Crippen LogP contribution in [0, 0.1) is 0 Å². The van der Waals surface area contributed by atoms with E-state index in [0.29, 0.717) is 32.9 Å². The van der Waals surface area contributed by atoms with Crippen molar-refractivity contribution in [2.45, 2.75) is 13.3 Å². The largest absolute Gasteiger partial charge is 0.319 e. The first-order valence-electron chi connectivity index (χ1n) is 9.17. The standard InChI is InChI=1S/C23H17Cl2N3O/c1-2-14-8-10-15(11-9-14)20-13-17(16-5-3-6-18(24)21(16)27-20)23(29)28-19-7-4-12-26-22(19)25/h3-13H,2H2,1H3,(H,28,29). The third kappa shape index (κ3) is 3.95. The van der Waals surface area contributed by atoms with E-state index in [0.717, 1.165) is 12.0 Å². The van der Waals surface area contributed by atoms with E-state index >= 15 is 0 Å². The summed E-state index contributed by atoms with van der Waals surface area (Å²) in [5, 5.41) is 4.22. The minimum atomic E-state index is -0.305. The van der Waals surface area contributed by atoms with Crippen LogP contribution in [0.2, 0.25) is 10.2 Å². The highest BCUT2D eigenvalue weighted by Crippen LogP contribution is 2.30. The second kappa shape index (κ2) is 8.19. The molecule has 4 nitrogen and oxygen atoms in total. The highest BCUT2D eigenvalue weighted by molar-refractivity contribution is 6.36. The number of aryl methyl sites for hydroxylation is 1. The Morgan fingerprint density at radius 1 is 1.03 bits per heavy atom. The van der Waals surface area contributed by atoms with Crippen LogP contribution in [0.4, 0.5) is 5.69 Å². The van der Waals surface area contributed by atoms with Crippen LogP contribution in [0.5, 0.6) is 0 Å². The van der Waals surface area contributed by atoms with Crippen LogP contribution < -0.4 is 5.32 Å². The molecule has 2 aromatic heterocycles. The lowest BCUT2D eigenvalue weighted by molar-refractivity contribution is 0.102. The van der Waals surface area contributed by atoms with E-state index < -0.39 is 0 Å². The number of amides is 1. The fourth-order valence-electron chi connectivity index (χ4n) is 3.13. The zero-order valence-electron chi connectivity index (χ0n) is 15.6. The fourth-order valence-corrected chi connectivity index (χ4v) is 3.51. The molecule has 29 heavy (non-hydrogen) atoms. The van der Waals surface area contributed by atoms with E-state index in [9.17, 15) is 4.79 Å². The molecule has 0 saturated heterocycles. The van der Waals surface area contributed by atoms with Gasteiger partial charge in [-0.3, -0.25) is 4.79 Å². The van der Waals surface area contributed by atoms with Gasteiger partial charge in [0.25, 0.3) is 5.91 Å². The van der Waals surface area contributed by atoms with Gasteiger partial charge in [-0.1, -0.05) is 66.5 Å². The maximum absolute atomic E-state index is 13.1. The number of hydrogen-bond donors (Lipinski definition) is 1. The molecule has 2 aromatic carbocycles. The lowest BCUT2D eigenvalue weighted by atomic mass is 10.0.